The van der Waals surface area contributed by atoms with Crippen LogP contribution in [-0.4, -0.2) is 35.0 Å². The van der Waals surface area contributed by atoms with E-state index in [0.717, 1.165) is 5.56 Å². The zero-order chi connectivity index (χ0) is 14.5. The summed E-state index contributed by atoms with van der Waals surface area (Å²) >= 11 is 0. The van der Waals surface area contributed by atoms with E-state index in [1.54, 1.807) is 11.8 Å². The molecule has 1 fully saturated rings. The van der Waals surface area contributed by atoms with E-state index in [4.69, 9.17) is 5.11 Å². The van der Waals surface area contributed by atoms with Gasteiger partial charge in [-0.15, -0.1) is 0 Å². The Morgan fingerprint density at radius 1 is 1.20 bits per heavy atom. The van der Waals surface area contributed by atoms with Gasteiger partial charge < -0.3 is 10.0 Å². The number of hydrogen-bond donors (Lipinski definition) is 1. The average molecular weight is 273 g/mol. The molecule has 1 aromatic carbocycles. The number of nitrogens with zero attached hydrogens (tertiary/aromatic N) is 1. The number of hydrogen-bond acceptors (Lipinski definition) is 2. The number of carbonyl (C=O) groups is 2. The highest BCUT2D eigenvalue weighted by Gasteiger charge is 2.27. The zero-order valence-electron chi connectivity index (χ0n) is 11.6. The summed E-state index contributed by atoms with van der Waals surface area (Å²) in [7, 11) is 0. The van der Waals surface area contributed by atoms with Crippen LogP contribution in [0.2, 0.25) is 0 Å². The second kappa shape index (κ2) is 6.37. The summed E-state index contributed by atoms with van der Waals surface area (Å²) in [5.41, 5.74) is 1.68. The quantitative estimate of drug-likeness (QED) is 0.860. The normalized spacial score (nSPS) is 17.1. The second-order valence-electron chi connectivity index (χ2n) is 5.14. The highest BCUT2D eigenvalue weighted by molar-refractivity contribution is 5.97. The molecule has 0 atom stereocenters. The third-order valence-corrected chi connectivity index (χ3v) is 3.65. The van der Waals surface area contributed by atoms with Gasteiger partial charge in [0.1, 0.15) is 0 Å². The van der Waals surface area contributed by atoms with Crippen LogP contribution in [0.3, 0.4) is 0 Å². The maximum absolute atomic E-state index is 12.3. The molecule has 2 rings (SSSR count). The topological polar surface area (TPSA) is 57.6 Å². The van der Waals surface area contributed by atoms with Crippen LogP contribution in [0.5, 0.6) is 0 Å². The molecule has 1 saturated heterocycles. The van der Waals surface area contributed by atoms with Gasteiger partial charge in [-0.2, -0.15) is 0 Å². The highest BCUT2D eigenvalue weighted by atomic mass is 16.4. The number of rotatable bonds is 3. The van der Waals surface area contributed by atoms with E-state index in [0.29, 0.717) is 31.5 Å². The van der Waals surface area contributed by atoms with Crippen LogP contribution in [0.1, 0.15) is 25.3 Å². The Hall–Kier alpha value is -2.10. The lowest BCUT2D eigenvalue weighted by Crippen LogP contribution is -2.40. The predicted octanol–water partition coefficient (Wildman–Crippen LogP) is 2.41. The minimum atomic E-state index is -0.756. The van der Waals surface area contributed by atoms with E-state index in [2.05, 4.69) is 0 Å². The van der Waals surface area contributed by atoms with Crippen molar-refractivity contribution in [3.63, 3.8) is 0 Å². The Morgan fingerprint density at radius 3 is 2.35 bits per heavy atom. The number of piperidine rings is 1. The molecule has 4 nitrogen and oxygen atoms in total. The Labute approximate surface area is 118 Å². The molecule has 1 heterocycles. The van der Waals surface area contributed by atoms with Crippen molar-refractivity contribution in [1.29, 1.82) is 0 Å². The Balaban J connectivity index is 1.98. The molecule has 0 spiro atoms. The summed E-state index contributed by atoms with van der Waals surface area (Å²) in [4.78, 5) is 24.9. The fraction of sp³-hybridized carbons (Fsp3) is 0.375. The Kier molecular flexibility index (Phi) is 4.56. The molecule has 1 N–H and O–H groups in total. The van der Waals surface area contributed by atoms with E-state index in [1.807, 2.05) is 36.4 Å². The fourth-order valence-corrected chi connectivity index (χ4v) is 2.44. The first kappa shape index (κ1) is 14.3. The van der Waals surface area contributed by atoms with Gasteiger partial charge in [-0.05, 0) is 31.4 Å². The Morgan fingerprint density at radius 2 is 1.80 bits per heavy atom. The lowest BCUT2D eigenvalue weighted by atomic mass is 9.96. The monoisotopic (exact) mass is 273 g/mol. The van der Waals surface area contributed by atoms with Crippen molar-refractivity contribution in [3.8, 4) is 0 Å². The van der Waals surface area contributed by atoms with E-state index in [9.17, 15) is 9.59 Å². The minimum absolute atomic E-state index is 0.00214. The molecule has 1 aromatic rings. The maximum Gasteiger partial charge on any atom is 0.306 e. The first-order valence-electron chi connectivity index (χ1n) is 6.83. The molecule has 1 aliphatic rings. The van der Waals surface area contributed by atoms with Crippen LogP contribution in [0, 0.1) is 5.92 Å². The molecular formula is C16H19NO3. The van der Waals surface area contributed by atoms with Gasteiger partial charge in [-0.1, -0.05) is 30.3 Å². The smallest absolute Gasteiger partial charge is 0.306 e. The number of carboxylic acid groups (broad SMARTS) is 1. The minimum Gasteiger partial charge on any atom is -0.481 e. The number of aliphatic carboxylic acids is 1. The summed E-state index contributed by atoms with van der Waals surface area (Å²) in [5, 5.41) is 8.95. The van der Waals surface area contributed by atoms with Crippen LogP contribution in [-0.2, 0) is 9.59 Å². The molecule has 0 aromatic heterocycles. The van der Waals surface area contributed by atoms with E-state index < -0.39 is 5.97 Å². The lowest BCUT2D eigenvalue weighted by molar-refractivity contribution is -0.145. The van der Waals surface area contributed by atoms with Crippen LogP contribution in [0.25, 0.3) is 6.08 Å². The van der Waals surface area contributed by atoms with E-state index >= 15 is 0 Å². The highest BCUT2D eigenvalue weighted by Crippen LogP contribution is 2.19. The number of carbonyl (C=O) groups excluding carboxylic acids is 1. The van der Waals surface area contributed by atoms with Gasteiger partial charge in [0.25, 0.3) is 0 Å². The van der Waals surface area contributed by atoms with Crippen LogP contribution < -0.4 is 0 Å². The third kappa shape index (κ3) is 3.47. The summed E-state index contributed by atoms with van der Waals surface area (Å²) in [6, 6.07) is 9.70. The van der Waals surface area contributed by atoms with Crippen molar-refractivity contribution in [2.75, 3.05) is 13.1 Å². The largest absolute Gasteiger partial charge is 0.481 e. The zero-order valence-corrected chi connectivity index (χ0v) is 11.6. The molecule has 1 amide bonds. The molecule has 1 aliphatic heterocycles. The Bertz CT molecular complexity index is 514. The van der Waals surface area contributed by atoms with Crippen molar-refractivity contribution in [2.24, 2.45) is 5.92 Å². The predicted molar refractivity (Wildman–Crippen MR) is 77.0 cm³/mol. The molecule has 20 heavy (non-hydrogen) atoms. The standard InChI is InChI=1S/C16H19NO3/c1-12(11-13-5-3-2-4-6-13)15(18)17-9-7-14(8-10-17)16(19)20/h2-6,11,14H,7-10H2,1H3,(H,19,20)/b12-11+. The van der Waals surface area contributed by atoms with Crippen LogP contribution >= 0.6 is 0 Å². The van der Waals surface area contributed by atoms with Gasteiger partial charge in [0.2, 0.25) is 5.91 Å². The van der Waals surface area contributed by atoms with E-state index in [-0.39, 0.29) is 11.8 Å². The van der Waals surface area contributed by atoms with Crippen LogP contribution in [0.4, 0.5) is 0 Å². The van der Waals surface area contributed by atoms with Gasteiger partial charge >= 0.3 is 5.97 Å². The van der Waals surface area contributed by atoms with E-state index in [1.165, 1.54) is 0 Å². The average Bonchev–Trinajstić information content (AvgIpc) is 2.47. The van der Waals surface area contributed by atoms with Gasteiger partial charge in [-0.3, -0.25) is 9.59 Å². The summed E-state index contributed by atoms with van der Waals surface area (Å²) in [6.45, 7) is 2.85. The second-order valence-corrected chi connectivity index (χ2v) is 5.14. The van der Waals surface area contributed by atoms with Crippen LogP contribution in [0.15, 0.2) is 35.9 Å². The van der Waals surface area contributed by atoms with Crippen molar-refractivity contribution >= 4 is 18.0 Å². The number of carboxylic acids is 1. The van der Waals surface area contributed by atoms with Crippen molar-refractivity contribution in [2.45, 2.75) is 19.8 Å². The van der Waals surface area contributed by atoms with Gasteiger partial charge in [0.05, 0.1) is 5.92 Å². The maximum atomic E-state index is 12.3. The molecule has 0 radical (unpaired) electrons. The molecule has 0 bridgehead atoms. The first-order chi connectivity index (χ1) is 9.58. The molecule has 0 unspecified atom stereocenters. The van der Waals surface area contributed by atoms with Gasteiger partial charge in [0.15, 0.2) is 0 Å². The molecule has 106 valence electrons. The molecular weight excluding hydrogens is 254 g/mol. The number of benzene rings is 1. The van der Waals surface area contributed by atoms with Gasteiger partial charge in [0, 0.05) is 18.7 Å². The fourth-order valence-electron chi connectivity index (χ4n) is 2.44. The van der Waals surface area contributed by atoms with Crippen molar-refractivity contribution in [1.82, 2.24) is 4.90 Å². The lowest BCUT2D eigenvalue weighted by Gasteiger charge is -2.30. The summed E-state index contributed by atoms with van der Waals surface area (Å²) < 4.78 is 0. The molecule has 0 saturated carbocycles. The molecule has 0 aliphatic carbocycles. The van der Waals surface area contributed by atoms with Gasteiger partial charge in [-0.25, -0.2) is 0 Å². The summed E-state index contributed by atoms with van der Waals surface area (Å²) in [6.07, 6.45) is 2.95. The summed E-state index contributed by atoms with van der Waals surface area (Å²) in [5.74, 6) is -1.07. The van der Waals surface area contributed by atoms with Crippen molar-refractivity contribution in [3.05, 3.63) is 41.5 Å². The molecule has 4 heteroatoms. The number of likely N-dealkylation sites (tertiary alicyclic amines) is 1. The van der Waals surface area contributed by atoms with Crippen molar-refractivity contribution < 1.29 is 14.7 Å². The third-order valence-electron chi connectivity index (χ3n) is 3.65. The number of amides is 1. The first-order valence-corrected chi connectivity index (χ1v) is 6.83. The SMILES string of the molecule is C/C(=C\c1ccccc1)C(=O)N1CCC(C(=O)O)CC1.